The van der Waals surface area contributed by atoms with Gasteiger partial charge in [0.15, 0.2) is 0 Å². The molecule has 4 rings (SSSR count). The fourth-order valence-electron chi connectivity index (χ4n) is 3.51. The zero-order valence-corrected chi connectivity index (χ0v) is 19.5. The Labute approximate surface area is 191 Å². The quantitative estimate of drug-likeness (QED) is 0.382. The molecule has 0 bridgehead atoms. The second-order valence-corrected chi connectivity index (χ2v) is 9.22. The van der Waals surface area contributed by atoms with Gasteiger partial charge in [0.2, 0.25) is 0 Å². The number of para-hydroxylation sites is 1. The highest BCUT2D eigenvalue weighted by Gasteiger charge is 2.34. The number of thiocarbonyl (C=S) groups is 1. The minimum Gasteiger partial charge on any atom is -0.497 e. The first-order chi connectivity index (χ1) is 14.9. The average Bonchev–Trinajstić information content (AvgIpc) is 3.29. The number of benzene rings is 2. The monoisotopic (exact) mass is 449 g/mol. The number of thioether (sulfide) groups is 1. The van der Waals surface area contributed by atoms with E-state index >= 15 is 0 Å². The highest BCUT2D eigenvalue weighted by Crippen LogP contribution is 2.36. The Balaban J connectivity index is 1.84. The molecule has 1 fully saturated rings. The van der Waals surface area contributed by atoms with Crippen LogP contribution in [0.15, 0.2) is 59.6 Å². The first-order valence-corrected chi connectivity index (χ1v) is 11.2. The molecule has 1 aliphatic heterocycles. The average molecular weight is 450 g/mol. The number of carbonyl (C=O) groups is 1. The van der Waals surface area contributed by atoms with Gasteiger partial charge < -0.3 is 4.74 Å². The van der Waals surface area contributed by atoms with Gasteiger partial charge in [-0.2, -0.15) is 5.10 Å². The van der Waals surface area contributed by atoms with Gasteiger partial charge in [0.1, 0.15) is 15.8 Å². The molecule has 1 aromatic heterocycles. The van der Waals surface area contributed by atoms with Gasteiger partial charge in [-0.1, -0.05) is 42.2 Å². The summed E-state index contributed by atoms with van der Waals surface area (Å²) in [5, 5.41) is 4.87. The largest absolute Gasteiger partial charge is 0.497 e. The molecule has 0 atom stereocenters. The molecule has 0 N–H and O–H groups in total. The predicted octanol–water partition coefficient (Wildman–Crippen LogP) is 5.47. The van der Waals surface area contributed by atoms with Crippen LogP contribution in [0.4, 0.5) is 0 Å². The lowest BCUT2D eigenvalue weighted by Crippen LogP contribution is -2.34. The maximum atomic E-state index is 12.9. The van der Waals surface area contributed by atoms with Gasteiger partial charge in [-0.05, 0) is 62.7 Å². The van der Waals surface area contributed by atoms with Crippen molar-refractivity contribution < 1.29 is 9.53 Å². The van der Waals surface area contributed by atoms with Crippen LogP contribution in [0.5, 0.6) is 5.75 Å². The lowest BCUT2D eigenvalue weighted by atomic mass is 10.0. The number of nitrogens with zero attached hydrogens (tertiary/aromatic N) is 3. The maximum absolute atomic E-state index is 12.9. The molecule has 2 aromatic carbocycles. The number of aryl methyl sites for hydroxylation is 1. The molecule has 3 aromatic rings. The molecular formula is C24H23N3O2S2. The summed E-state index contributed by atoms with van der Waals surface area (Å²) >= 11 is 6.77. The molecule has 0 saturated carbocycles. The van der Waals surface area contributed by atoms with Crippen molar-refractivity contribution in [2.24, 2.45) is 0 Å². The van der Waals surface area contributed by atoms with Crippen LogP contribution in [0.3, 0.4) is 0 Å². The van der Waals surface area contributed by atoms with E-state index in [0.717, 1.165) is 33.8 Å². The second kappa shape index (κ2) is 8.69. The van der Waals surface area contributed by atoms with Crippen LogP contribution in [0.2, 0.25) is 0 Å². The molecule has 1 saturated heterocycles. The van der Waals surface area contributed by atoms with Gasteiger partial charge in [-0.3, -0.25) is 9.69 Å². The lowest BCUT2D eigenvalue weighted by Gasteiger charge is -2.18. The molecule has 31 heavy (non-hydrogen) atoms. The SMILES string of the molecule is COc1ccc(-c2nn(-c3ccccc3)cc2/C=C2\SC(=S)N(C(C)C)C2=O)c(C)c1. The van der Waals surface area contributed by atoms with Gasteiger partial charge in [0.25, 0.3) is 5.91 Å². The zero-order valence-electron chi connectivity index (χ0n) is 17.8. The van der Waals surface area contributed by atoms with Crippen molar-refractivity contribution in [2.45, 2.75) is 26.8 Å². The van der Waals surface area contributed by atoms with Crippen LogP contribution in [0.1, 0.15) is 25.0 Å². The summed E-state index contributed by atoms with van der Waals surface area (Å²) in [5.74, 6) is 0.734. The summed E-state index contributed by atoms with van der Waals surface area (Å²) in [6, 6.07) is 15.9. The topological polar surface area (TPSA) is 47.4 Å². The number of amides is 1. The minimum absolute atomic E-state index is 0.0220. The van der Waals surface area contributed by atoms with E-state index in [-0.39, 0.29) is 11.9 Å². The number of aromatic nitrogens is 2. The molecule has 158 valence electrons. The predicted molar refractivity (Wildman–Crippen MR) is 130 cm³/mol. The number of ether oxygens (including phenoxy) is 1. The number of carbonyl (C=O) groups excluding carboxylic acids is 1. The van der Waals surface area contributed by atoms with Crippen LogP contribution < -0.4 is 4.74 Å². The molecule has 0 unspecified atom stereocenters. The fourth-order valence-corrected chi connectivity index (χ4v) is 5.03. The first-order valence-electron chi connectivity index (χ1n) is 9.96. The van der Waals surface area contributed by atoms with Gasteiger partial charge in [0, 0.05) is 23.4 Å². The fraction of sp³-hybridized carbons (Fsp3) is 0.208. The van der Waals surface area contributed by atoms with Crippen molar-refractivity contribution in [1.29, 1.82) is 0 Å². The van der Waals surface area contributed by atoms with Crippen LogP contribution in [-0.4, -0.2) is 38.1 Å². The summed E-state index contributed by atoms with van der Waals surface area (Å²) in [5.41, 5.74) is 4.65. The van der Waals surface area contributed by atoms with Gasteiger partial charge in [-0.25, -0.2) is 4.68 Å². The van der Waals surface area contributed by atoms with Crippen LogP contribution in [-0.2, 0) is 4.79 Å². The van der Waals surface area contributed by atoms with Crippen molar-refractivity contribution in [1.82, 2.24) is 14.7 Å². The summed E-state index contributed by atoms with van der Waals surface area (Å²) in [6.45, 7) is 5.96. The lowest BCUT2D eigenvalue weighted by molar-refractivity contribution is -0.123. The van der Waals surface area contributed by atoms with Crippen LogP contribution >= 0.6 is 24.0 Å². The smallest absolute Gasteiger partial charge is 0.266 e. The summed E-state index contributed by atoms with van der Waals surface area (Å²) in [7, 11) is 1.65. The van der Waals surface area contributed by atoms with E-state index in [1.807, 2.05) is 86.3 Å². The number of hydrogen-bond donors (Lipinski definition) is 0. The maximum Gasteiger partial charge on any atom is 0.266 e. The molecule has 0 spiro atoms. The molecule has 1 aliphatic rings. The number of methoxy groups -OCH3 is 1. The minimum atomic E-state index is -0.0603. The molecule has 0 aliphatic carbocycles. The Morgan fingerprint density at radius 1 is 1.16 bits per heavy atom. The number of rotatable bonds is 5. The van der Waals surface area contributed by atoms with Crippen LogP contribution in [0, 0.1) is 6.92 Å². The highest BCUT2D eigenvalue weighted by molar-refractivity contribution is 8.26. The van der Waals surface area contributed by atoms with Crippen molar-refractivity contribution >= 4 is 40.3 Å². The van der Waals surface area contributed by atoms with E-state index in [1.165, 1.54) is 11.8 Å². The highest BCUT2D eigenvalue weighted by atomic mass is 32.2. The summed E-state index contributed by atoms with van der Waals surface area (Å²) in [4.78, 5) is 15.2. The third kappa shape index (κ3) is 4.16. The van der Waals surface area contributed by atoms with Crippen LogP contribution in [0.25, 0.3) is 23.0 Å². The zero-order chi connectivity index (χ0) is 22.1. The molecule has 2 heterocycles. The molecule has 7 heteroatoms. The Bertz CT molecular complexity index is 1180. The van der Waals surface area contributed by atoms with E-state index < -0.39 is 0 Å². The Morgan fingerprint density at radius 2 is 1.90 bits per heavy atom. The third-order valence-corrected chi connectivity index (χ3v) is 6.41. The Kier molecular flexibility index (Phi) is 5.98. The third-order valence-electron chi connectivity index (χ3n) is 5.08. The van der Waals surface area contributed by atoms with E-state index in [2.05, 4.69) is 0 Å². The summed E-state index contributed by atoms with van der Waals surface area (Å²) < 4.78 is 7.78. The van der Waals surface area contributed by atoms with E-state index in [1.54, 1.807) is 12.0 Å². The normalized spacial score (nSPS) is 15.4. The van der Waals surface area contributed by atoms with Crippen molar-refractivity contribution in [3.8, 4) is 22.7 Å². The van der Waals surface area contributed by atoms with Gasteiger partial charge in [0.05, 0.1) is 17.7 Å². The van der Waals surface area contributed by atoms with E-state index in [0.29, 0.717) is 9.23 Å². The van der Waals surface area contributed by atoms with E-state index in [4.69, 9.17) is 22.1 Å². The first kappa shape index (κ1) is 21.3. The molecule has 0 radical (unpaired) electrons. The van der Waals surface area contributed by atoms with Crippen molar-refractivity contribution in [3.63, 3.8) is 0 Å². The van der Waals surface area contributed by atoms with Gasteiger partial charge in [-0.15, -0.1) is 0 Å². The molecule has 1 amide bonds. The van der Waals surface area contributed by atoms with Crippen molar-refractivity contribution in [2.75, 3.05) is 7.11 Å². The molecule has 5 nitrogen and oxygen atoms in total. The Morgan fingerprint density at radius 3 is 2.52 bits per heavy atom. The number of hydrogen-bond acceptors (Lipinski definition) is 5. The summed E-state index contributed by atoms with van der Waals surface area (Å²) in [6.07, 6.45) is 3.85. The Hall–Kier alpha value is -2.90. The van der Waals surface area contributed by atoms with Crippen molar-refractivity contribution in [3.05, 3.63) is 70.8 Å². The second-order valence-electron chi connectivity index (χ2n) is 7.54. The van der Waals surface area contributed by atoms with E-state index in [9.17, 15) is 4.79 Å². The van der Waals surface area contributed by atoms with Gasteiger partial charge >= 0.3 is 0 Å². The standard InChI is InChI=1S/C24H23N3O2S2/c1-15(2)27-23(28)21(31-24(27)30)13-17-14-26(18-8-6-5-7-9-18)25-22(17)20-11-10-19(29-4)12-16(20)3/h5-15H,1-4H3/b21-13-. The molecular weight excluding hydrogens is 426 g/mol.